The Bertz CT molecular complexity index is 395. The Morgan fingerprint density at radius 1 is 0.692 bits per heavy atom. The van der Waals surface area contributed by atoms with Crippen LogP contribution in [0.5, 0.6) is 0 Å². The van der Waals surface area contributed by atoms with Crippen molar-refractivity contribution in [2.45, 2.75) is 104 Å². The van der Waals surface area contributed by atoms with Gasteiger partial charge in [0.1, 0.15) is 0 Å². The van der Waals surface area contributed by atoms with Gasteiger partial charge in [0.2, 0.25) is 0 Å². The van der Waals surface area contributed by atoms with Crippen molar-refractivity contribution in [2.75, 3.05) is 32.4 Å². The van der Waals surface area contributed by atoms with Crippen LogP contribution in [-0.2, 0) is 10.1 Å². The Labute approximate surface area is 164 Å². The molecule has 0 atom stereocenters. The second-order valence-corrected chi connectivity index (χ2v) is 9.59. The van der Waals surface area contributed by atoms with Crippen LogP contribution in [0.1, 0.15) is 104 Å². The summed E-state index contributed by atoms with van der Waals surface area (Å²) in [6, 6.07) is 0. The highest BCUT2D eigenvalue weighted by molar-refractivity contribution is 7.84. The van der Waals surface area contributed by atoms with Gasteiger partial charge in [-0.25, -0.2) is 8.42 Å². The first-order chi connectivity index (χ1) is 12.3. The first-order valence-electron chi connectivity index (χ1n) is 11.1. The zero-order chi connectivity index (χ0) is 19.7. The van der Waals surface area contributed by atoms with Gasteiger partial charge in [0, 0.05) is 6.26 Å². The lowest BCUT2D eigenvalue weighted by Gasteiger charge is -2.42. The van der Waals surface area contributed by atoms with E-state index in [4.69, 9.17) is 13.0 Å². The lowest BCUT2D eigenvalue weighted by molar-refractivity contribution is -0.932. The summed E-state index contributed by atoms with van der Waals surface area (Å²) >= 11 is 0. The Balaban J connectivity index is 0.00000110. The summed E-state index contributed by atoms with van der Waals surface area (Å²) in [6.07, 6.45) is 21.1. The van der Waals surface area contributed by atoms with Crippen molar-refractivity contribution < 1.29 is 17.5 Å². The number of unbranched alkanes of at least 4 members (excludes halogenated alkanes) is 9. The molecule has 1 aliphatic rings. The van der Waals surface area contributed by atoms with Gasteiger partial charge in [-0.3, -0.25) is 0 Å². The summed E-state index contributed by atoms with van der Waals surface area (Å²) in [7, 11) is -3.92. The molecule has 1 rings (SSSR count). The monoisotopic (exact) mass is 391 g/mol. The Morgan fingerprint density at radius 3 is 1.54 bits per heavy atom. The fourth-order valence-electron chi connectivity index (χ4n) is 3.99. The lowest BCUT2D eigenvalue weighted by Crippen LogP contribution is -2.52. The van der Waals surface area contributed by atoms with Crippen molar-refractivity contribution in [3.63, 3.8) is 0 Å². The summed E-state index contributed by atoms with van der Waals surface area (Å²) in [4.78, 5) is 0. The smallest absolute Gasteiger partial charge is 0.0916 e. The van der Waals surface area contributed by atoms with Crippen LogP contribution in [0, 0.1) is 0 Å². The van der Waals surface area contributed by atoms with E-state index in [9.17, 15) is 0 Å². The van der Waals surface area contributed by atoms with Crippen molar-refractivity contribution in [2.24, 2.45) is 0 Å². The van der Waals surface area contributed by atoms with Crippen molar-refractivity contribution in [3.8, 4) is 0 Å². The lowest BCUT2D eigenvalue weighted by atomic mass is 10.0. The second kappa shape index (κ2) is 15.9. The number of rotatable bonds is 13. The average molecular weight is 392 g/mol. The standard InChI is InChI=1S/C20H42N.CH4O3S/c1-3-5-7-8-9-10-11-12-14-18-21(17-6-4-2)19-15-13-16-20-21;1-5(2,3)4/h3-20H2,1-2H3;1H3,(H,2,3,4)/q+1;/p-1. The Hall–Kier alpha value is -0.130. The number of hydrogen-bond acceptors (Lipinski definition) is 3. The van der Waals surface area contributed by atoms with Gasteiger partial charge in [0.25, 0.3) is 0 Å². The van der Waals surface area contributed by atoms with Crippen LogP contribution >= 0.6 is 0 Å². The maximum Gasteiger partial charge on any atom is 0.0916 e. The zero-order valence-corrected chi connectivity index (χ0v) is 18.6. The molecule has 0 saturated carbocycles. The fourth-order valence-corrected chi connectivity index (χ4v) is 3.99. The molecular formula is C21H45NO3S. The van der Waals surface area contributed by atoms with Crippen molar-refractivity contribution in [1.82, 2.24) is 0 Å². The molecule has 0 radical (unpaired) electrons. The number of hydrogen-bond donors (Lipinski definition) is 0. The van der Waals surface area contributed by atoms with Gasteiger partial charge in [-0.1, -0.05) is 65.2 Å². The highest BCUT2D eigenvalue weighted by Crippen LogP contribution is 2.22. The molecule has 4 nitrogen and oxygen atoms in total. The summed E-state index contributed by atoms with van der Waals surface area (Å²) in [6.45, 7) is 10.6. The van der Waals surface area contributed by atoms with Gasteiger partial charge in [-0.15, -0.1) is 0 Å². The van der Waals surface area contributed by atoms with E-state index >= 15 is 0 Å². The van der Waals surface area contributed by atoms with E-state index < -0.39 is 10.1 Å². The minimum Gasteiger partial charge on any atom is -0.748 e. The minimum absolute atomic E-state index is 0.604. The molecule has 0 bridgehead atoms. The zero-order valence-electron chi connectivity index (χ0n) is 17.8. The molecule has 1 aliphatic heterocycles. The van der Waals surface area contributed by atoms with Crippen molar-refractivity contribution in [3.05, 3.63) is 0 Å². The van der Waals surface area contributed by atoms with Crippen molar-refractivity contribution >= 4 is 10.1 Å². The molecule has 0 N–H and O–H groups in total. The molecule has 0 aromatic heterocycles. The topological polar surface area (TPSA) is 57.2 Å². The molecule has 5 heteroatoms. The van der Waals surface area contributed by atoms with E-state index in [-0.39, 0.29) is 0 Å². The largest absolute Gasteiger partial charge is 0.748 e. The molecule has 158 valence electrons. The number of nitrogens with zero attached hydrogens (tertiary/aromatic N) is 1. The van der Waals surface area contributed by atoms with Crippen LogP contribution < -0.4 is 0 Å². The first kappa shape index (κ1) is 25.9. The highest BCUT2D eigenvalue weighted by Gasteiger charge is 2.28. The average Bonchev–Trinajstić information content (AvgIpc) is 2.58. The number of quaternary nitrogens is 1. The van der Waals surface area contributed by atoms with E-state index in [0.717, 1.165) is 0 Å². The predicted octanol–water partition coefficient (Wildman–Crippen LogP) is 5.48. The van der Waals surface area contributed by atoms with Gasteiger partial charge in [0.15, 0.2) is 0 Å². The molecule has 0 unspecified atom stereocenters. The van der Waals surface area contributed by atoms with Crippen LogP contribution in [0.15, 0.2) is 0 Å². The van der Waals surface area contributed by atoms with Crippen LogP contribution in [0.4, 0.5) is 0 Å². The Morgan fingerprint density at radius 2 is 1.08 bits per heavy atom. The van der Waals surface area contributed by atoms with E-state index in [1.165, 1.54) is 121 Å². The van der Waals surface area contributed by atoms with E-state index in [1.807, 2.05) is 0 Å². The first-order valence-corrected chi connectivity index (χ1v) is 12.9. The maximum atomic E-state index is 9.08. The molecule has 1 heterocycles. The normalized spacial score (nSPS) is 16.8. The number of likely N-dealkylation sites (tertiary alicyclic amines) is 1. The quantitative estimate of drug-likeness (QED) is 0.237. The van der Waals surface area contributed by atoms with E-state index in [1.54, 1.807) is 0 Å². The molecule has 1 saturated heterocycles. The summed E-state index contributed by atoms with van der Waals surface area (Å²) in [5, 5.41) is 0. The number of piperidine rings is 1. The third-order valence-electron chi connectivity index (χ3n) is 5.49. The van der Waals surface area contributed by atoms with Gasteiger partial charge in [0.05, 0.1) is 36.3 Å². The highest BCUT2D eigenvalue weighted by atomic mass is 32.2. The molecule has 26 heavy (non-hydrogen) atoms. The van der Waals surface area contributed by atoms with Crippen LogP contribution in [0.25, 0.3) is 0 Å². The molecule has 0 aromatic carbocycles. The van der Waals surface area contributed by atoms with Crippen LogP contribution in [0.3, 0.4) is 0 Å². The van der Waals surface area contributed by atoms with Crippen LogP contribution in [0.2, 0.25) is 0 Å². The predicted molar refractivity (Wildman–Crippen MR) is 111 cm³/mol. The summed E-state index contributed by atoms with van der Waals surface area (Å²) in [5.41, 5.74) is 0. The second-order valence-electron chi connectivity index (χ2n) is 8.18. The third kappa shape index (κ3) is 17.3. The van der Waals surface area contributed by atoms with Gasteiger partial charge in [-0.2, -0.15) is 0 Å². The summed E-state index contributed by atoms with van der Waals surface area (Å²) < 4.78 is 28.7. The van der Waals surface area contributed by atoms with Gasteiger partial charge < -0.3 is 9.04 Å². The van der Waals surface area contributed by atoms with E-state index in [0.29, 0.717) is 6.26 Å². The molecule has 0 aromatic rings. The fraction of sp³-hybridized carbons (Fsp3) is 1.00. The maximum absolute atomic E-state index is 9.08. The minimum atomic E-state index is -3.92. The third-order valence-corrected chi connectivity index (χ3v) is 5.49. The van der Waals surface area contributed by atoms with Gasteiger partial charge in [-0.05, 0) is 38.5 Å². The molecule has 0 amide bonds. The molecular weight excluding hydrogens is 346 g/mol. The molecule has 0 aliphatic carbocycles. The summed E-state index contributed by atoms with van der Waals surface area (Å²) in [5.74, 6) is 0. The van der Waals surface area contributed by atoms with Gasteiger partial charge >= 0.3 is 0 Å². The SMILES string of the molecule is CCCCCCCCCCC[N+]1(CCCC)CCCCC1.CS(=O)(=O)[O-]. The Kier molecular flexibility index (Phi) is 15.8. The molecule has 1 fully saturated rings. The molecule has 0 spiro atoms. The van der Waals surface area contributed by atoms with Crippen molar-refractivity contribution in [1.29, 1.82) is 0 Å². The van der Waals surface area contributed by atoms with E-state index in [2.05, 4.69) is 13.8 Å². The van der Waals surface area contributed by atoms with Crippen LogP contribution in [-0.4, -0.2) is 49.9 Å².